The molecule has 0 aliphatic heterocycles. The van der Waals surface area contributed by atoms with Gasteiger partial charge in [-0.25, -0.2) is 13.2 Å². The van der Waals surface area contributed by atoms with Crippen molar-refractivity contribution in [3.63, 3.8) is 0 Å². The van der Waals surface area contributed by atoms with Crippen LogP contribution in [-0.4, -0.2) is 0 Å². The first-order chi connectivity index (χ1) is 9.93. The molecule has 0 aliphatic carbocycles. The molecule has 2 rings (SSSR count). The smallest absolute Gasteiger partial charge is 0.194 e. The minimum Gasteiger partial charge on any atom is -0.320 e. The summed E-state index contributed by atoms with van der Waals surface area (Å²) in [5.74, 6) is -3.48. The number of hydrogen-bond donors (Lipinski definition) is 1. The second-order valence-corrected chi connectivity index (χ2v) is 5.25. The van der Waals surface area contributed by atoms with Gasteiger partial charge in [-0.1, -0.05) is 38.1 Å². The van der Waals surface area contributed by atoms with Gasteiger partial charge in [-0.15, -0.1) is 0 Å². The minimum absolute atomic E-state index is 0.211. The van der Waals surface area contributed by atoms with Crippen LogP contribution in [0.4, 0.5) is 13.2 Å². The SMILES string of the molecule is CCC(C)c1ccc(C(N)c2cc(F)c(F)c(F)c2)cc1. The molecule has 0 bridgehead atoms. The van der Waals surface area contributed by atoms with Crippen LogP contribution in [0.1, 0.15) is 48.9 Å². The monoisotopic (exact) mass is 293 g/mol. The van der Waals surface area contributed by atoms with Gasteiger partial charge in [-0.2, -0.15) is 0 Å². The number of hydrogen-bond acceptors (Lipinski definition) is 1. The standard InChI is InChI=1S/C17H18F3N/c1-3-10(2)11-4-6-12(7-5-11)17(21)13-8-14(18)16(20)15(19)9-13/h4-10,17H,3,21H2,1-2H3. The van der Waals surface area contributed by atoms with Crippen LogP contribution in [0.3, 0.4) is 0 Å². The number of rotatable bonds is 4. The zero-order valence-corrected chi connectivity index (χ0v) is 12.0. The van der Waals surface area contributed by atoms with E-state index in [4.69, 9.17) is 5.73 Å². The summed E-state index contributed by atoms with van der Waals surface area (Å²) in [4.78, 5) is 0. The van der Waals surface area contributed by atoms with Crippen LogP contribution in [0.15, 0.2) is 36.4 Å². The molecule has 0 aliphatic rings. The maximum Gasteiger partial charge on any atom is 0.194 e. The van der Waals surface area contributed by atoms with Crippen LogP contribution in [0.2, 0.25) is 0 Å². The predicted octanol–water partition coefficient (Wildman–Crippen LogP) is 4.67. The molecule has 0 saturated carbocycles. The van der Waals surface area contributed by atoms with Crippen molar-refractivity contribution in [3.8, 4) is 0 Å². The van der Waals surface area contributed by atoms with Crippen molar-refractivity contribution in [3.05, 3.63) is 70.5 Å². The van der Waals surface area contributed by atoms with E-state index in [9.17, 15) is 13.2 Å². The third kappa shape index (κ3) is 3.27. The fourth-order valence-electron chi connectivity index (χ4n) is 2.21. The van der Waals surface area contributed by atoms with E-state index >= 15 is 0 Å². The van der Waals surface area contributed by atoms with Crippen LogP contribution in [0.5, 0.6) is 0 Å². The second kappa shape index (κ2) is 6.31. The lowest BCUT2D eigenvalue weighted by molar-refractivity contribution is 0.444. The zero-order chi connectivity index (χ0) is 15.6. The normalized spacial score (nSPS) is 14.0. The van der Waals surface area contributed by atoms with Gasteiger partial charge in [-0.3, -0.25) is 0 Å². The molecule has 2 unspecified atom stereocenters. The molecule has 1 nitrogen and oxygen atoms in total. The van der Waals surface area contributed by atoms with E-state index in [1.807, 2.05) is 24.3 Å². The summed E-state index contributed by atoms with van der Waals surface area (Å²) in [6.07, 6.45) is 1.03. The van der Waals surface area contributed by atoms with E-state index in [1.54, 1.807) is 0 Å². The highest BCUT2D eigenvalue weighted by Crippen LogP contribution is 2.25. The van der Waals surface area contributed by atoms with Gasteiger partial charge in [-0.05, 0) is 41.2 Å². The molecule has 2 N–H and O–H groups in total. The first kappa shape index (κ1) is 15.6. The Bertz CT molecular complexity index is 599. The fourth-order valence-corrected chi connectivity index (χ4v) is 2.21. The van der Waals surface area contributed by atoms with Crippen molar-refractivity contribution in [1.29, 1.82) is 0 Å². The van der Waals surface area contributed by atoms with Crippen LogP contribution in [0, 0.1) is 17.5 Å². The number of nitrogens with two attached hydrogens (primary N) is 1. The molecule has 2 aromatic carbocycles. The summed E-state index contributed by atoms with van der Waals surface area (Å²) in [7, 11) is 0. The van der Waals surface area contributed by atoms with E-state index < -0.39 is 23.5 Å². The molecule has 0 spiro atoms. The molecular weight excluding hydrogens is 275 g/mol. The van der Waals surface area contributed by atoms with Crippen molar-refractivity contribution < 1.29 is 13.2 Å². The Morgan fingerprint density at radius 1 is 0.905 bits per heavy atom. The summed E-state index contributed by atoms with van der Waals surface area (Å²) >= 11 is 0. The lowest BCUT2D eigenvalue weighted by Gasteiger charge is -2.15. The number of halogens is 3. The maximum absolute atomic E-state index is 13.3. The van der Waals surface area contributed by atoms with Crippen molar-refractivity contribution in [2.45, 2.75) is 32.2 Å². The highest BCUT2D eigenvalue weighted by Gasteiger charge is 2.16. The van der Waals surface area contributed by atoms with E-state index in [0.29, 0.717) is 5.92 Å². The summed E-state index contributed by atoms with van der Waals surface area (Å²) in [5, 5.41) is 0. The van der Waals surface area contributed by atoms with Gasteiger partial charge in [0, 0.05) is 0 Å². The predicted molar refractivity (Wildman–Crippen MR) is 77.5 cm³/mol. The Labute approximate surface area is 122 Å². The van der Waals surface area contributed by atoms with Gasteiger partial charge >= 0.3 is 0 Å². The molecule has 21 heavy (non-hydrogen) atoms. The fraction of sp³-hybridized carbons (Fsp3) is 0.294. The average Bonchev–Trinajstić information content (AvgIpc) is 2.50. The summed E-state index contributed by atoms with van der Waals surface area (Å²) in [6.45, 7) is 4.23. The van der Waals surface area contributed by atoms with Gasteiger partial charge in [0.15, 0.2) is 17.5 Å². The minimum atomic E-state index is -1.47. The highest BCUT2D eigenvalue weighted by atomic mass is 19.2. The Hall–Kier alpha value is -1.81. The molecule has 0 radical (unpaired) electrons. The van der Waals surface area contributed by atoms with Gasteiger partial charge in [0.2, 0.25) is 0 Å². The molecule has 2 aromatic rings. The van der Waals surface area contributed by atoms with E-state index in [0.717, 1.165) is 24.1 Å². The Morgan fingerprint density at radius 2 is 1.38 bits per heavy atom. The van der Waals surface area contributed by atoms with Crippen molar-refractivity contribution in [1.82, 2.24) is 0 Å². The van der Waals surface area contributed by atoms with Crippen LogP contribution in [-0.2, 0) is 0 Å². The first-order valence-corrected chi connectivity index (χ1v) is 6.94. The van der Waals surface area contributed by atoms with Gasteiger partial charge in [0.05, 0.1) is 6.04 Å². The summed E-state index contributed by atoms with van der Waals surface area (Å²) < 4.78 is 39.5. The van der Waals surface area contributed by atoms with Crippen LogP contribution >= 0.6 is 0 Å². The molecule has 4 heteroatoms. The third-order valence-corrected chi connectivity index (χ3v) is 3.84. The van der Waals surface area contributed by atoms with Crippen molar-refractivity contribution in [2.75, 3.05) is 0 Å². The van der Waals surface area contributed by atoms with Gasteiger partial charge in [0.1, 0.15) is 0 Å². The zero-order valence-electron chi connectivity index (χ0n) is 12.0. The quantitative estimate of drug-likeness (QED) is 0.815. The molecule has 0 saturated heterocycles. The maximum atomic E-state index is 13.3. The molecule has 0 aromatic heterocycles. The highest BCUT2D eigenvalue weighted by molar-refractivity contribution is 5.34. The molecular formula is C17H18F3N. The molecule has 2 atom stereocenters. The van der Waals surface area contributed by atoms with Crippen molar-refractivity contribution in [2.24, 2.45) is 5.73 Å². The Kier molecular flexibility index (Phi) is 4.68. The first-order valence-electron chi connectivity index (χ1n) is 6.94. The molecule has 0 fully saturated rings. The molecule has 112 valence electrons. The second-order valence-electron chi connectivity index (χ2n) is 5.25. The summed E-state index contributed by atoms with van der Waals surface area (Å²) in [5.41, 5.74) is 8.13. The molecule has 0 heterocycles. The van der Waals surface area contributed by atoms with Gasteiger partial charge < -0.3 is 5.73 Å². The Morgan fingerprint density at radius 3 is 1.86 bits per heavy atom. The largest absolute Gasteiger partial charge is 0.320 e. The van der Waals surface area contributed by atoms with Crippen LogP contribution < -0.4 is 5.73 Å². The van der Waals surface area contributed by atoms with Gasteiger partial charge in [0.25, 0.3) is 0 Å². The lowest BCUT2D eigenvalue weighted by atomic mass is 9.94. The van der Waals surface area contributed by atoms with Crippen LogP contribution in [0.25, 0.3) is 0 Å². The average molecular weight is 293 g/mol. The molecule has 0 amide bonds. The number of benzene rings is 2. The summed E-state index contributed by atoms with van der Waals surface area (Å²) in [6, 6.07) is 8.77. The third-order valence-electron chi connectivity index (χ3n) is 3.84. The van der Waals surface area contributed by atoms with Crippen molar-refractivity contribution >= 4 is 0 Å². The Balaban J connectivity index is 2.29. The lowest BCUT2D eigenvalue weighted by Crippen LogP contribution is -2.13. The topological polar surface area (TPSA) is 26.0 Å². The van der Waals surface area contributed by atoms with E-state index in [2.05, 4.69) is 13.8 Å². The van der Waals surface area contributed by atoms with E-state index in [-0.39, 0.29) is 5.56 Å². The van der Waals surface area contributed by atoms with E-state index in [1.165, 1.54) is 5.56 Å².